The summed E-state index contributed by atoms with van der Waals surface area (Å²) in [5.41, 5.74) is 6.40. The number of benzene rings is 2. The predicted molar refractivity (Wildman–Crippen MR) is 113 cm³/mol. The van der Waals surface area contributed by atoms with Crippen molar-refractivity contribution in [3.63, 3.8) is 0 Å². The van der Waals surface area contributed by atoms with Gasteiger partial charge < -0.3 is 14.6 Å². The average molecular weight is 377 g/mol. The van der Waals surface area contributed by atoms with Crippen LogP contribution in [0.5, 0.6) is 5.75 Å². The molecule has 0 spiro atoms. The number of aryl methyl sites for hydroxylation is 2. The molecule has 0 radical (unpaired) electrons. The van der Waals surface area contributed by atoms with Crippen molar-refractivity contribution >= 4 is 16.8 Å². The molecule has 146 valence electrons. The van der Waals surface area contributed by atoms with Gasteiger partial charge in [0.15, 0.2) is 6.61 Å². The number of fused-ring (bicyclic) bond motifs is 3. The van der Waals surface area contributed by atoms with Crippen molar-refractivity contribution in [1.29, 1.82) is 0 Å². The number of ether oxygens (including phenoxy) is 1. The molecule has 0 aliphatic carbocycles. The van der Waals surface area contributed by atoms with E-state index >= 15 is 0 Å². The minimum absolute atomic E-state index is 0.0586. The molecule has 2 heterocycles. The molecule has 1 aliphatic heterocycles. The molecular weight excluding hydrogens is 348 g/mol. The number of amides is 1. The highest BCUT2D eigenvalue weighted by Gasteiger charge is 2.21. The summed E-state index contributed by atoms with van der Waals surface area (Å²) >= 11 is 0. The van der Waals surface area contributed by atoms with Gasteiger partial charge in [0.25, 0.3) is 5.91 Å². The van der Waals surface area contributed by atoms with Gasteiger partial charge >= 0.3 is 0 Å². The molecule has 1 aromatic heterocycles. The summed E-state index contributed by atoms with van der Waals surface area (Å²) in [6, 6.07) is 14.6. The molecule has 0 saturated heterocycles. The Morgan fingerprint density at radius 3 is 2.68 bits per heavy atom. The predicted octanol–water partition coefficient (Wildman–Crippen LogP) is 4.44. The van der Waals surface area contributed by atoms with Crippen molar-refractivity contribution in [1.82, 2.24) is 9.88 Å². The van der Waals surface area contributed by atoms with E-state index in [1.165, 1.54) is 33.3 Å². The van der Waals surface area contributed by atoms with Gasteiger partial charge in [0.1, 0.15) is 5.75 Å². The first-order chi connectivity index (χ1) is 13.6. The molecule has 1 N–H and O–H groups in total. The molecule has 4 rings (SSSR count). The molecule has 0 atom stereocenters. The second kappa shape index (κ2) is 8.09. The van der Waals surface area contributed by atoms with E-state index in [2.05, 4.69) is 49.2 Å². The first kappa shape index (κ1) is 18.6. The molecule has 0 unspecified atom stereocenters. The average Bonchev–Trinajstić information content (AvgIpc) is 2.90. The summed E-state index contributed by atoms with van der Waals surface area (Å²) in [6.07, 6.45) is 3.95. The topological polar surface area (TPSA) is 45.3 Å². The number of rotatable bonds is 5. The van der Waals surface area contributed by atoms with Gasteiger partial charge in [-0.3, -0.25) is 4.79 Å². The number of H-pyrrole nitrogens is 1. The summed E-state index contributed by atoms with van der Waals surface area (Å²) in [4.78, 5) is 18.2. The highest BCUT2D eigenvalue weighted by atomic mass is 16.5. The minimum atomic E-state index is 0.0586. The summed E-state index contributed by atoms with van der Waals surface area (Å²) in [5, 5.41) is 1.30. The summed E-state index contributed by atoms with van der Waals surface area (Å²) in [5.74, 6) is 0.818. The molecule has 0 saturated carbocycles. The van der Waals surface area contributed by atoms with Gasteiger partial charge in [0, 0.05) is 36.1 Å². The molecule has 1 aliphatic rings. The Bertz CT molecular complexity index is 972. The maximum atomic E-state index is 12.7. The zero-order valence-electron chi connectivity index (χ0n) is 16.8. The maximum Gasteiger partial charge on any atom is 0.260 e. The molecule has 0 fully saturated rings. The lowest BCUT2D eigenvalue weighted by Gasteiger charge is -2.20. The first-order valence-electron chi connectivity index (χ1n) is 10.2. The smallest absolute Gasteiger partial charge is 0.260 e. The Kier molecular flexibility index (Phi) is 5.38. The van der Waals surface area contributed by atoms with Gasteiger partial charge in [-0.15, -0.1) is 0 Å². The summed E-state index contributed by atoms with van der Waals surface area (Å²) < 4.78 is 5.74. The van der Waals surface area contributed by atoms with Gasteiger partial charge in [-0.1, -0.05) is 37.1 Å². The number of aromatic amines is 1. The fourth-order valence-corrected chi connectivity index (χ4v) is 4.05. The van der Waals surface area contributed by atoms with Gasteiger partial charge in [0.05, 0.1) is 0 Å². The lowest BCUT2D eigenvalue weighted by molar-refractivity contribution is -0.133. The second-order valence-electron chi connectivity index (χ2n) is 7.69. The second-order valence-corrected chi connectivity index (χ2v) is 7.69. The van der Waals surface area contributed by atoms with Crippen LogP contribution < -0.4 is 4.74 Å². The van der Waals surface area contributed by atoms with E-state index in [-0.39, 0.29) is 12.5 Å². The number of hydrogen-bond acceptors (Lipinski definition) is 2. The number of nitrogens with one attached hydrogen (secondary N) is 1. The fourth-order valence-electron chi connectivity index (χ4n) is 4.05. The van der Waals surface area contributed by atoms with Gasteiger partial charge in [-0.25, -0.2) is 0 Å². The van der Waals surface area contributed by atoms with Crippen LogP contribution in [-0.4, -0.2) is 35.5 Å². The third kappa shape index (κ3) is 3.91. The third-order valence-corrected chi connectivity index (χ3v) is 5.59. The maximum absolute atomic E-state index is 12.7. The standard InChI is InChI=1S/C24H28N2O2/c1-3-4-18-6-8-19(9-7-18)28-16-24(27)26-13-11-20-21-15-17(2)5-10-22(21)25-23(20)12-14-26/h5-10,15,25H,3-4,11-14,16H2,1-2H3. The SMILES string of the molecule is CCCc1ccc(OCC(=O)N2CCc3[nH]c4ccc(C)cc4c3CC2)cc1. The van der Waals surface area contributed by atoms with Gasteiger partial charge in [-0.2, -0.15) is 0 Å². The first-order valence-corrected chi connectivity index (χ1v) is 10.2. The van der Waals surface area contributed by atoms with Crippen LogP contribution in [0.15, 0.2) is 42.5 Å². The monoisotopic (exact) mass is 376 g/mol. The van der Waals surface area contributed by atoms with Crippen molar-refractivity contribution in [2.75, 3.05) is 19.7 Å². The van der Waals surface area contributed by atoms with E-state index in [1.807, 2.05) is 17.0 Å². The molecule has 2 aromatic carbocycles. The lowest BCUT2D eigenvalue weighted by Crippen LogP contribution is -2.36. The molecular formula is C24H28N2O2. The lowest BCUT2D eigenvalue weighted by atomic mass is 10.1. The normalized spacial score (nSPS) is 14.0. The molecule has 28 heavy (non-hydrogen) atoms. The highest BCUT2D eigenvalue weighted by Crippen LogP contribution is 2.26. The van der Waals surface area contributed by atoms with Gasteiger partial charge in [0.2, 0.25) is 0 Å². The van der Waals surface area contributed by atoms with Crippen LogP contribution in [0.4, 0.5) is 0 Å². The highest BCUT2D eigenvalue weighted by molar-refractivity contribution is 5.86. The van der Waals surface area contributed by atoms with Gasteiger partial charge in [-0.05, 0) is 55.2 Å². The largest absolute Gasteiger partial charge is 0.484 e. The van der Waals surface area contributed by atoms with E-state index in [1.54, 1.807) is 0 Å². The van der Waals surface area contributed by atoms with Crippen LogP contribution in [0, 0.1) is 6.92 Å². The van der Waals surface area contributed by atoms with E-state index in [0.717, 1.165) is 44.5 Å². The van der Waals surface area contributed by atoms with E-state index < -0.39 is 0 Å². The van der Waals surface area contributed by atoms with Crippen LogP contribution in [0.25, 0.3) is 10.9 Å². The molecule has 4 nitrogen and oxygen atoms in total. The Morgan fingerprint density at radius 2 is 1.89 bits per heavy atom. The fraction of sp³-hybridized carbons (Fsp3) is 0.375. The molecule has 1 amide bonds. The van der Waals surface area contributed by atoms with Crippen LogP contribution in [0.1, 0.15) is 35.7 Å². The minimum Gasteiger partial charge on any atom is -0.484 e. The number of aromatic nitrogens is 1. The van der Waals surface area contributed by atoms with Crippen LogP contribution >= 0.6 is 0 Å². The van der Waals surface area contributed by atoms with Crippen molar-refractivity contribution in [2.45, 2.75) is 39.5 Å². The molecule has 3 aromatic rings. The van der Waals surface area contributed by atoms with Crippen molar-refractivity contribution in [3.8, 4) is 5.75 Å². The van der Waals surface area contributed by atoms with E-state index in [4.69, 9.17) is 4.74 Å². The van der Waals surface area contributed by atoms with Crippen LogP contribution in [0.3, 0.4) is 0 Å². The van der Waals surface area contributed by atoms with E-state index in [0.29, 0.717) is 0 Å². The van der Waals surface area contributed by atoms with Crippen molar-refractivity contribution < 1.29 is 9.53 Å². The zero-order valence-corrected chi connectivity index (χ0v) is 16.8. The Labute approximate surface area is 166 Å². The molecule has 4 heteroatoms. The third-order valence-electron chi connectivity index (χ3n) is 5.59. The van der Waals surface area contributed by atoms with Crippen molar-refractivity contribution in [2.24, 2.45) is 0 Å². The number of hydrogen-bond donors (Lipinski definition) is 1. The number of carbonyl (C=O) groups is 1. The molecule has 0 bridgehead atoms. The Balaban J connectivity index is 1.37. The Morgan fingerprint density at radius 1 is 1.11 bits per heavy atom. The van der Waals surface area contributed by atoms with E-state index in [9.17, 15) is 4.79 Å². The van der Waals surface area contributed by atoms with Crippen molar-refractivity contribution in [3.05, 3.63) is 64.8 Å². The van der Waals surface area contributed by atoms with Crippen LogP contribution in [0.2, 0.25) is 0 Å². The van der Waals surface area contributed by atoms with Crippen LogP contribution in [-0.2, 0) is 24.1 Å². The summed E-state index contributed by atoms with van der Waals surface area (Å²) in [7, 11) is 0. The summed E-state index contributed by atoms with van der Waals surface area (Å²) in [6.45, 7) is 5.87. The number of carbonyl (C=O) groups excluding carboxylic acids is 1. The Hall–Kier alpha value is -2.75. The number of nitrogens with zero attached hydrogens (tertiary/aromatic N) is 1. The quantitative estimate of drug-likeness (QED) is 0.716. The zero-order chi connectivity index (χ0) is 19.5.